The van der Waals surface area contributed by atoms with Gasteiger partial charge in [0.2, 0.25) is 0 Å². The van der Waals surface area contributed by atoms with Crippen molar-refractivity contribution in [2.45, 2.75) is 13.3 Å². The third-order valence-corrected chi connectivity index (χ3v) is 3.11. The summed E-state index contributed by atoms with van der Waals surface area (Å²) in [5, 5.41) is 10.8. The highest BCUT2D eigenvalue weighted by atomic mass is 16.6. The van der Waals surface area contributed by atoms with Crippen molar-refractivity contribution in [2.75, 3.05) is 38.8 Å². The first-order valence-electron chi connectivity index (χ1n) is 6.55. The van der Waals surface area contributed by atoms with Crippen LogP contribution < -0.4 is 4.90 Å². The van der Waals surface area contributed by atoms with E-state index < -0.39 is 4.92 Å². The van der Waals surface area contributed by atoms with Crippen molar-refractivity contribution in [1.82, 2.24) is 0 Å². The number of rotatable bonds is 8. The standard InChI is InChI=1S/C14H20N2O5/c1-11-10-12(16(18)19)4-5-13(11)15(8-9-20-2)7-6-14(17)21-3/h4-5,10H,6-9H2,1-3H3. The summed E-state index contributed by atoms with van der Waals surface area (Å²) in [5.41, 5.74) is 1.68. The summed E-state index contributed by atoms with van der Waals surface area (Å²) in [6.07, 6.45) is 0.247. The van der Waals surface area contributed by atoms with E-state index in [2.05, 4.69) is 4.74 Å². The first-order chi connectivity index (χ1) is 9.99. The second kappa shape index (κ2) is 8.21. The molecule has 7 heteroatoms. The normalized spacial score (nSPS) is 10.2. The Morgan fingerprint density at radius 2 is 2.05 bits per heavy atom. The Morgan fingerprint density at radius 3 is 2.57 bits per heavy atom. The number of hydrogen-bond acceptors (Lipinski definition) is 6. The van der Waals surface area contributed by atoms with E-state index in [-0.39, 0.29) is 18.1 Å². The maximum atomic E-state index is 11.3. The second-order valence-electron chi connectivity index (χ2n) is 4.53. The number of anilines is 1. The molecule has 0 heterocycles. The van der Waals surface area contributed by atoms with E-state index in [1.54, 1.807) is 20.1 Å². The van der Waals surface area contributed by atoms with Crippen LogP contribution in [0, 0.1) is 17.0 Å². The summed E-state index contributed by atoms with van der Waals surface area (Å²) in [6, 6.07) is 4.67. The predicted molar refractivity (Wildman–Crippen MR) is 78.6 cm³/mol. The number of carbonyl (C=O) groups excluding carboxylic acids is 1. The fraction of sp³-hybridized carbons (Fsp3) is 0.500. The van der Waals surface area contributed by atoms with Gasteiger partial charge >= 0.3 is 5.97 Å². The van der Waals surface area contributed by atoms with Crippen LogP contribution in [-0.4, -0.2) is 44.8 Å². The van der Waals surface area contributed by atoms with Crippen LogP contribution in [0.4, 0.5) is 11.4 Å². The fourth-order valence-electron chi connectivity index (χ4n) is 1.99. The molecule has 0 aliphatic rings. The predicted octanol–water partition coefficient (Wildman–Crippen LogP) is 1.92. The average Bonchev–Trinajstić information content (AvgIpc) is 2.47. The van der Waals surface area contributed by atoms with E-state index in [0.717, 1.165) is 11.3 Å². The average molecular weight is 296 g/mol. The van der Waals surface area contributed by atoms with E-state index in [9.17, 15) is 14.9 Å². The Labute approximate surface area is 123 Å². The van der Waals surface area contributed by atoms with E-state index in [0.29, 0.717) is 19.7 Å². The third-order valence-electron chi connectivity index (χ3n) is 3.11. The number of benzene rings is 1. The number of nitro benzene ring substituents is 1. The molecule has 0 radical (unpaired) electrons. The van der Waals surface area contributed by atoms with Gasteiger partial charge in [-0.2, -0.15) is 0 Å². The van der Waals surface area contributed by atoms with Gasteiger partial charge in [0.1, 0.15) is 0 Å². The molecule has 0 fully saturated rings. The van der Waals surface area contributed by atoms with Crippen molar-refractivity contribution >= 4 is 17.3 Å². The van der Waals surface area contributed by atoms with Gasteiger partial charge in [0.05, 0.1) is 25.1 Å². The van der Waals surface area contributed by atoms with E-state index in [1.165, 1.54) is 19.2 Å². The second-order valence-corrected chi connectivity index (χ2v) is 4.53. The number of ether oxygens (including phenoxy) is 2. The monoisotopic (exact) mass is 296 g/mol. The molecular formula is C14H20N2O5. The first-order valence-corrected chi connectivity index (χ1v) is 6.55. The number of methoxy groups -OCH3 is 2. The van der Waals surface area contributed by atoms with Crippen molar-refractivity contribution in [3.63, 3.8) is 0 Å². The molecule has 0 amide bonds. The maximum absolute atomic E-state index is 11.3. The lowest BCUT2D eigenvalue weighted by atomic mass is 10.1. The van der Waals surface area contributed by atoms with Gasteiger partial charge in [-0.3, -0.25) is 14.9 Å². The minimum atomic E-state index is -0.426. The molecule has 21 heavy (non-hydrogen) atoms. The van der Waals surface area contributed by atoms with Crippen molar-refractivity contribution in [2.24, 2.45) is 0 Å². The SMILES string of the molecule is COCCN(CCC(=O)OC)c1ccc([N+](=O)[O-])cc1C. The number of esters is 1. The minimum absolute atomic E-state index is 0.0518. The molecule has 1 aromatic rings. The van der Waals surface area contributed by atoms with Gasteiger partial charge in [0.25, 0.3) is 5.69 Å². The fourth-order valence-corrected chi connectivity index (χ4v) is 1.99. The van der Waals surface area contributed by atoms with Crippen molar-refractivity contribution in [1.29, 1.82) is 0 Å². The highest BCUT2D eigenvalue weighted by molar-refractivity contribution is 5.70. The lowest BCUT2D eigenvalue weighted by Crippen LogP contribution is -2.30. The molecule has 0 N–H and O–H groups in total. The van der Waals surface area contributed by atoms with Crippen LogP contribution in [0.5, 0.6) is 0 Å². The molecule has 0 aliphatic carbocycles. The summed E-state index contributed by atoms with van der Waals surface area (Å²) in [6.45, 7) is 3.36. The van der Waals surface area contributed by atoms with Crippen LogP contribution >= 0.6 is 0 Å². The molecule has 0 spiro atoms. The Hall–Kier alpha value is -2.15. The number of aryl methyl sites for hydroxylation is 1. The minimum Gasteiger partial charge on any atom is -0.469 e. The van der Waals surface area contributed by atoms with Gasteiger partial charge in [0.15, 0.2) is 0 Å². The topological polar surface area (TPSA) is 81.9 Å². The van der Waals surface area contributed by atoms with Crippen molar-refractivity contribution < 1.29 is 19.2 Å². The summed E-state index contributed by atoms with van der Waals surface area (Å²) < 4.78 is 9.70. The number of non-ortho nitro benzene ring substituents is 1. The Bertz CT molecular complexity index is 504. The van der Waals surface area contributed by atoms with Gasteiger partial charge < -0.3 is 14.4 Å². The highest BCUT2D eigenvalue weighted by Gasteiger charge is 2.14. The Morgan fingerprint density at radius 1 is 1.33 bits per heavy atom. The van der Waals surface area contributed by atoms with Crippen LogP contribution in [-0.2, 0) is 14.3 Å². The number of nitro groups is 1. The molecule has 0 aliphatic heterocycles. The molecule has 0 atom stereocenters. The Kier molecular flexibility index (Phi) is 6.61. The van der Waals surface area contributed by atoms with Gasteiger partial charge in [0, 0.05) is 38.0 Å². The molecule has 0 aromatic heterocycles. The van der Waals surface area contributed by atoms with Gasteiger partial charge in [-0.05, 0) is 18.6 Å². The summed E-state index contributed by atoms with van der Waals surface area (Å²) in [7, 11) is 2.94. The smallest absolute Gasteiger partial charge is 0.307 e. The zero-order valence-corrected chi connectivity index (χ0v) is 12.5. The maximum Gasteiger partial charge on any atom is 0.307 e. The summed E-state index contributed by atoms with van der Waals surface area (Å²) in [4.78, 5) is 23.6. The number of nitrogens with zero attached hydrogens (tertiary/aromatic N) is 2. The van der Waals surface area contributed by atoms with E-state index in [1.807, 2.05) is 4.90 Å². The van der Waals surface area contributed by atoms with Crippen LogP contribution in [0.3, 0.4) is 0 Å². The lowest BCUT2D eigenvalue weighted by molar-refractivity contribution is -0.384. The van der Waals surface area contributed by atoms with Crippen LogP contribution in [0.2, 0.25) is 0 Å². The van der Waals surface area contributed by atoms with E-state index >= 15 is 0 Å². The largest absolute Gasteiger partial charge is 0.469 e. The molecule has 0 bridgehead atoms. The Balaban J connectivity index is 2.91. The van der Waals surface area contributed by atoms with E-state index in [4.69, 9.17) is 4.74 Å². The number of carbonyl (C=O) groups is 1. The molecule has 0 unspecified atom stereocenters. The van der Waals surface area contributed by atoms with Crippen molar-refractivity contribution in [3.8, 4) is 0 Å². The molecular weight excluding hydrogens is 276 g/mol. The van der Waals surface area contributed by atoms with Crippen LogP contribution in [0.1, 0.15) is 12.0 Å². The zero-order chi connectivity index (χ0) is 15.8. The highest BCUT2D eigenvalue weighted by Crippen LogP contribution is 2.25. The van der Waals surface area contributed by atoms with Gasteiger partial charge in [-0.1, -0.05) is 0 Å². The van der Waals surface area contributed by atoms with Gasteiger partial charge in [-0.25, -0.2) is 0 Å². The molecule has 7 nitrogen and oxygen atoms in total. The third kappa shape index (κ3) is 5.03. The van der Waals surface area contributed by atoms with Crippen LogP contribution in [0.25, 0.3) is 0 Å². The van der Waals surface area contributed by atoms with Crippen LogP contribution in [0.15, 0.2) is 18.2 Å². The molecule has 1 aromatic carbocycles. The van der Waals surface area contributed by atoms with Crippen molar-refractivity contribution in [3.05, 3.63) is 33.9 Å². The molecule has 116 valence electrons. The molecule has 0 saturated heterocycles. The number of hydrogen-bond donors (Lipinski definition) is 0. The summed E-state index contributed by atoms with van der Waals surface area (Å²) >= 11 is 0. The zero-order valence-electron chi connectivity index (χ0n) is 12.5. The summed E-state index contributed by atoms with van der Waals surface area (Å²) in [5.74, 6) is -0.294. The lowest BCUT2D eigenvalue weighted by Gasteiger charge is -2.25. The first kappa shape index (κ1) is 16.9. The molecule has 0 saturated carbocycles. The molecule has 1 rings (SSSR count). The quantitative estimate of drug-likeness (QED) is 0.414. The van der Waals surface area contributed by atoms with Gasteiger partial charge in [-0.15, -0.1) is 0 Å².